The van der Waals surface area contributed by atoms with E-state index in [0.717, 1.165) is 19.3 Å². The Morgan fingerprint density at radius 3 is 2.62 bits per heavy atom. The Labute approximate surface area is 171 Å². The van der Waals surface area contributed by atoms with Gasteiger partial charge in [-0.1, -0.05) is 32.4 Å². The third-order valence-corrected chi connectivity index (χ3v) is 4.89. The van der Waals surface area contributed by atoms with Crippen LogP contribution in [-0.4, -0.2) is 31.1 Å². The molecular formula is C23H28N2O4. The van der Waals surface area contributed by atoms with Crippen molar-refractivity contribution in [1.82, 2.24) is 0 Å². The van der Waals surface area contributed by atoms with Crippen LogP contribution in [0.15, 0.2) is 42.5 Å². The van der Waals surface area contributed by atoms with Crippen LogP contribution in [0.4, 0.5) is 11.4 Å². The molecule has 0 fully saturated rings. The number of nitrogens with zero attached hydrogens (tertiary/aromatic N) is 1. The summed E-state index contributed by atoms with van der Waals surface area (Å²) in [6.45, 7) is 6.47. The van der Waals surface area contributed by atoms with E-state index < -0.39 is 6.10 Å². The lowest BCUT2D eigenvalue weighted by atomic mass is 10.1. The van der Waals surface area contributed by atoms with Crippen molar-refractivity contribution < 1.29 is 19.1 Å². The Hall–Kier alpha value is -3.02. The topological polar surface area (TPSA) is 67.9 Å². The number of aryl methyl sites for hydroxylation is 1. The zero-order valence-corrected chi connectivity index (χ0v) is 17.2. The van der Waals surface area contributed by atoms with Crippen LogP contribution >= 0.6 is 0 Å². The Kier molecular flexibility index (Phi) is 6.75. The first-order valence-corrected chi connectivity index (χ1v) is 10.2. The molecule has 2 aromatic carbocycles. The first-order chi connectivity index (χ1) is 14.0. The summed E-state index contributed by atoms with van der Waals surface area (Å²) in [5, 5.41) is 2.83. The fraction of sp³-hybridized carbons (Fsp3) is 0.391. The van der Waals surface area contributed by atoms with E-state index in [1.165, 1.54) is 5.56 Å². The standard InChI is InChI=1S/C23H28N2O4/c1-4-6-13-25-20-14-18(9-12-21(20)29-16(3)23(25)27)24-22(26)15-28-19-10-7-17(5-2)8-11-19/h7-12,14,16H,4-6,13,15H2,1-3H3,(H,24,26). The van der Waals surface area contributed by atoms with Crippen molar-refractivity contribution in [2.45, 2.75) is 46.1 Å². The molecule has 0 aliphatic carbocycles. The van der Waals surface area contributed by atoms with E-state index in [0.29, 0.717) is 29.4 Å². The highest BCUT2D eigenvalue weighted by atomic mass is 16.5. The number of amides is 2. The minimum Gasteiger partial charge on any atom is -0.484 e. The van der Waals surface area contributed by atoms with Gasteiger partial charge in [0.2, 0.25) is 0 Å². The van der Waals surface area contributed by atoms with Crippen molar-refractivity contribution in [3.05, 3.63) is 48.0 Å². The molecule has 1 atom stereocenters. The Morgan fingerprint density at radius 2 is 1.93 bits per heavy atom. The maximum atomic E-state index is 12.5. The molecular weight excluding hydrogens is 368 g/mol. The highest BCUT2D eigenvalue weighted by molar-refractivity contribution is 6.01. The Bertz CT molecular complexity index is 864. The molecule has 2 amide bonds. The number of nitrogens with one attached hydrogen (secondary N) is 1. The molecule has 0 spiro atoms. The lowest BCUT2D eigenvalue weighted by molar-refractivity contribution is -0.125. The summed E-state index contributed by atoms with van der Waals surface area (Å²) in [4.78, 5) is 26.6. The minimum atomic E-state index is -0.507. The predicted molar refractivity (Wildman–Crippen MR) is 114 cm³/mol. The van der Waals surface area contributed by atoms with Gasteiger partial charge in [-0.05, 0) is 55.7 Å². The van der Waals surface area contributed by atoms with Crippen molar-refractivity contribution in [2.75, 3.05) is 23.4 Å². The Morgan fingerprint density at radius 1 is 1.17 bits per heavy atom. The van der Waals surface area contributed by atoms with E-state index in [-0.39, 0.29) is 18.4 Å². The number of fused-ring (bicyclic) bond motifs is 1. The van der Waals surface area contributed by atoms with E-state index in [9.17, 15) is 9.59 Å². The fourth-order valence-corrected chi connectivity index (χ4v) is 3.20. The molecule has 0 saturated carbocycles. The van der Waals surface area contributed by atoms with Gasteiger partial charge >= 0.3 is 0 Å². The molecule has 1 aliphatic heterocycles. The predicted octanol–water partition coefficient (Wildman–Crippen LogP) is 4.18. The van der Waals surface area contributed by atoms with E-state index in [1.807, 2.05) is 24.3 Å². The van der Waals surface area contributed by atoms with Gasteiger partial charge in [0.15, 0.2) is 12.7 Å². The molecule has 2 aromatic rings. The molecule has 0 saturated heterocycles. The number of hydrogen-bond acceptors (Lipinski definition) is 4. The van der Waals surface area contributed by atoms with Crippen LogP contribution in [0.25, 0.3) is 0 Å². The van der Waals surface area contributed by atoms with Gasteiger partial charge in [-0.15, -0.1) is 0 Å². The number of benzene rings is 2. The van der Waals surface area contributed by atoms with Crippen molar-refractivity contribution in [2.24, 2.45) is 0 Å². The molecule has 1 heterocycles. The number of carbonyl (C=O) groups is 2. The molecule has 3 rings (SSSR count). The maximum absolute atomic E-state index is 12.5. The van der Waals surface area contributed by atoms with Crippen LogP contribution in [0.3, 0.4) is 0 Å². The van der Waals surface area contributed by atoms with E-state index >= 15 is 0 Å². The normalized spacial score (nSPS) is 15.5. The van der Waals surface area contributed by atoms with Gasteiger partial charge in [-0.3, -0.25) is 9.59 Å². The minimum absolute atomic E-state index is 0.0618. The molecule has 0 radical (unpaired) electrons. The smallest absolute Gasteiger partial charge is 0.267 e. The maximum Gasteiger partial charge on any atom is 0.267 e. The molecule has 29 heavy (non-hydrogen) atoms. The van der Waals surface area contributed by atoms with Crippen LogP contribution in [0.5, 0.6) is 11.5 Å². The SMILES string of the molecule is CCCCN1C(=O)C(C)Oc2ccc(NC(=O)COc3ccc(CC)cc3)cc21. The molecule has 0 bridgehead atoms. The number of carbonyl (C=O) groups excluding carboxylic acids is 2. The monoisotopic (exact) mass is 396 g/mol. The van der Waals surface area contributed by atoms with E-state index in [2.05, 4.69) is 19.2 Å². The molecule has 1 unspecified atom stereocenters. The second-order valence-electron chi connectivity index (χ2n) is 7.12. The highest BCUT2D eigenvalue weighted by Crippen LogP contribution is 2.36. The molecule has 0 aromatic heterocycles. The van der Waals surface area contributed by atoms with Crippen molar-refractivity contribution in [1.29, 1.82) is 0 Å². The van der Waals surface area contributed by atoms with Gasteiger partial charge in [0, 0.05) is 12.2 Å². The average Bonchev–Trinajstić information content (AvgIpc) is 2.73. The van der Waals surface area contributed by atoms with E-state index in [4.69, 9.17) is 9.47 Å². The van der Waals surface area contributed by atoms with Gasteiger partial charge < -0.3 is 19.7 Å². The third kappa shape index (κ3) is 5.08. The molecule has 1 aliphatic rings. The second kappa shape index (κ2) is 9.45. The average molecular weight is 396 g/mol. The third-order valence-electron chi connectivity index (χ3n) is 4.89. The number of ether oxygens (including phenoxy) is 2. The van der Waals surface area contributed by atoms with Crippen LogP contribution < -0.4 is 19.7 Å². The highest BCUT2D eigenvalue weighted by Gasteiger charge is 2.31. The van der Waals surface area contributed by atoms with Crippen LogP contribution in [0.2, 0.25) is 0 Å². The van der Waals surface area contributed by atoms with Crippen molar-refractivity contribution in [3.63, 3.8) is 0 Å². The zero-order chi connectivity index (χ0) is 20.8. The summed E-state index contributed by atoms with van der Waals surface area (Å²) >= 11 is 0. The summed E-state index contributed by atoms with van der Waals surface area (Å²) in [6, 6.07) is 13.0. The largest absolute Gasteiger partial charge is 0.484 e. The number of anilines is 2. The molecule has 6 nitrogen and oxygen atoms in total. The van der Waals surface area contributed by atoms with Crippen molar-refractivity contribution >= 4 is 23.2 Å². The summed E-state index contributed by atoms with van der Waals surface area (Å²) in [5.41, 5.74) is 2.51. The zero-order valence-electron chi connectivity index (χ0n) is 17.2. The van der Waals surface area contributed by atoms with Crippen LogP contribution in [0, 0.1) is 0 Å². The quantitative estimate of drug-likeness (QED) is 0.727. The van der Waals surface area contributed by atoms with Gasteiger partial charge in [0.1, 0.15) is 11.5 Å². The second-order valence-corrected chi connectivity index (χ2v) is 7.12. The van der Waals surface area contributed by atoms with Gasteiger partial charge in [0.25, 0.3) is 11.8 Å². The first kappa shape index (κ1) is 20.7. The molecule has 6 heteroatoms. The Balaban J connectivity index is 1.65. The number of hydrogen-bond donors (Lipinski definition) is 1. The summed E-state index contributed by atoms with van der Waals surface area (Å²) in [5.74, 6) is 0.981. The molecule has 1 N–H and O–H groups in total. The van der Waals surface area contributed by atoms with Gasteiger partial charge in [-0.25, -0.2) is 0 Å². The van der Waals surface area contributed by atoms with Crippen LogP contribution in [-0.2, 0) is 16.0 Å². The summed E-state index contributed by atoms with van der Waals surface area (Å²) < 4.78 is 11.3. The van der Waals surface area contributed by atoms with E-state index in [1.54, 1.807) is 30.0 Å². The lowest BCUT2D eigenvalue weighted by Gasteiger charge is -2.33. The number of rotatable bonds is 8. The number of unbranched alkanes of at least 4 members (excludes halogenated alkanes) is 1. The summed E-state index contributed by atoms with van der Waals surface area (Å²) in [6.07, 6.45) is 2.34. The van der Waals surface area contributed by atoms with Crippen molar-refractivity contribution in [3.8, 4) is 11.5 Å². The van der Waals surface area contributed by atoms with Gasteiger partial charge in [-0.2, -0.15) is 0 Å². The van der Waals surface area contributed by atoms with Crippen LogP contribution in [0.1, 0.15) is 39.2 Å². The lowest BCUT2D eigenvalue weighted by Crippen LogP contribution is -2.44. The molecule has 154 valence electrons. The fourth-order valence-electron chi connectivity index (χ4n) is 3.20. The first-order valence-electron chi connectivity index (χ1n) is 10.2. The van der Waals surface area contributed by atoms with Gasteiger partial charge in [0.05, 0.1) is 5.69 Å². The summed E-state index contributed by atoms with van der Waals surface area (Å²) in [7, 11) is 0.